The molecule has 1 atom stereocenters. The van der Waals surface area contributed by atoms with Gasteiger partial charge in [-0.15, -0.1) is 0 Å². The van der Waals surface area contributed by atoms with E-state index in [-0.39, 0.29) is 19.3 Å². The predicted molar refractivity (Wildman–Crippen MR) is 86.2 cm³/mol. The predicted octanol–water partition coefficient (Wildman–Crippen LogP) is 2.32. The highest BCUT2D eigenvalue weighted by Crippen LogP contribution is 2.47. The summed E-state index contributed by atoms with van der Waals surface area (Å²) in [7, 11) is 0. The van der Waals surface area contributed by atoms with E-state index in [1.54, 1.807) is 13.8 Å². The van der Waals surface area contributed by atoms with Crippen LogP contribution in [0.5, 0.6) is 0 Å². The van der Waals surface area contributed by atoms with Gasteiger partial charge in [-0.3, -0.25) is 9.59 Å². The SMILES string of the molecule is CCOC(=O)C1(C(=O)OCC)Cc2ccccc2N2CCCC21. The lowest BCUT2D eigenvalue weighted by molar-refractivity contribution is -0.174. The van der Waals surface area contributed by atoms with Gasteiger partial charge in [0.25, 0.3) is 0 Å². The van der Waals surface area contributed by atoms with Crippen LogP contribution in [0.4, 0.5) is 5.69 Å². The van der Waals surface area contributed by atoms with Crippen molar-refractivity contribution in [2.45, 2.75) is 39.2 Å². The minimum absolute atomic E-state index is 0.185. The van der Waals surface area contributed by atoms with Crippen molar-refractivity contribution in [3.63, 3.8) is 0 Å². The van der Waals surface area contributed by atoms with E-state index in [9.17, 15) is 9.59 Å². The third-order valence-electron chi connectivity index (χ3n) is 4.87. The summed E-state index contributed by atoms with van der Waals surface area (Å²) in [5.41, 5.74) is 0.877. The molecule has 0 radical (unpaired) electrons. The van der Waals surface area contributed by atoms with Crippen molar-refractivity contribution in [3.05, 3.63) is 29.8 Å². The van der Waals surface area contributed by atoms with Crippen LogP contribution in [0.2, 0.25) is 0 Å². The van der Waals surface area contributed by atoms with E-state index >= 15 is 0 Å². The van der Waals surface area contributed by atoms with Crippen LogP contribution < -0.4 is 4.90 Å². The molecule has 0 aliphatic carbocycles. The molecule has 3 rings (SSSR count). The van der Waals surface area contributed by atoms with Crippen LogP contribution in [0.3, 0.4) is 0 Å². The van der Waals surface area contributed by atoms with Crippen LogP contribution in [0.25, 0.3) is 0 Å². The minimum Gasteiger partial charge on any atom is -0.465 e. The summed E-state index contributed by atoms with van der Waals surface area (Å²) in [5.74, 6) is -0.908. The highest BCUT2D eigenvalue weighted by atomic mass is 16.6. The van der Waals surface area contributed by atoms with Crippen LogP contribution in [-0.4, -0.2) is 37.7 Å². The number of nitrogens with zero attached hydrogens (tertiary/aromatic N) is 1. The average Bonchev–Trinajstić information content (AvgIpc) is 3.04. The molecule has 0 amide bonds. The standard InChI is InChI=1S/C18H23NO4/c1-3-22-16(20)18(17(21)23-4-2)12-13-8-5-6-9-14(13)19-11-7-10-15(18)19/h5-6,8-9,15H,3-4,7,10-12H2,1-2H3. The summed E-state index contributed by atoms with van der Waals surface area (Å²) in [6.45, 7) is 4.89. The highest BCUT2D eigenvalue weighted by molar-refractivity contribution is 6.03. The van der Waals surface area contributed by atoms with Crippen molar-refractivity contribution in [3.8, 4) is 0 Å². The second-order valence-corrected chi connectivity index (χ2v) is 6.07. The number of anilines is 1. The number of ether oxygens (including phenoxy) is 2. The molecule has 2 aliphatic heterocycles. The first kappa shape index (κ1) is 15.8. The maximum absolute atomic E-state index is 12.8. The Morgan fingerprint density at radius 2 is 1.83 bits per heavy atom. The van der Waals surface area contributed by atoms with Gasteiger partial charge in [-0.1, -0.05) is 18.2 Å². The first-order chi connectivity index (χ1) is 11.1. The molecule has 1 unspecified atom stereocenters. The molecular formula is C18H23NO4. The third-order valence-corrected chi connectivity index (χ3v) is 4.87. The molecule has 0 saturated carbocycles. The van der Waals surface area contributed by atoms with Gasteiger partial charge in [0.05, 0.1) is 19.3 Å². The molecule has 5 nitrogen and oxygen atoms in total. The van der Waals surface area contributed by atoms with Gasteiger partial charge in [0.1, 0.15) is 0 Å². The molecule has 0 bridgehead atoms. The number of hydrogen-bond acceptors (Lipinski definition) is 5. The van der Waals surface area contributed by atoms with Gasteiger partial charge in [-0.25, -0.2) is 0 Å². The van der Waals surface area contributed by atoms with Crippen molar-refractivity contribution in [2.75, 3.05) is 24.7 Å². The summed E-state index contributed by atoms with van der Waals surface area (Å²) in [4.78, 5) is 27.9. The monoisotopic (exact) mass is 317 g/mol. The van der Waals surface area contributed by atoms with Crippen molar-refractivity contribution in [1.29, 1.82) is 0 Å². The largest absolute Gasteiger partial charge is 0.465 e. The number of benzene rings is 1. The third kappa shape index (κ3) is 2.38. The molecule has 0 aromatic heterocycles. The number of hydrogen-bond donors (Lipinski definition) is 0. The van der Waals surface area contributed by atoms with Crippen molar-refractivity contribution in [1.82, 2.24) is 0 Å². The molecule has 1 fully saturated rings. The highest BCUT2D eigenvalue weighted by Gasteiger charge is 2.60. The molecule has 1 aromatic rings. The van der Waals surface area contributed by atoms with E-state index in [0.29, 0.717) is 6.42 Å². The lowest BCUT2D eigenvalue weighted by Gasteiger charge is -2.44. The number of esters is 2. The number of carbonyl (C=O) groups excluding carboxylic acids is 2. The Morgan fingerprint density at radius 1 is 1.17 bits per heavy atom. The number of rotatable bonds is 4. The summed E-state index contributed by atoms with van der Waals surface area (Å²) in [5, 5.41) is 0. The first-order valence-corrected chi connectivity index (χ1v) is 8.34. The maximum Gasteiger partial charge on any atom is 0.325 e. The molecule has 0 spiro atoms. The summed E-state index contributed by atoms with van der Waals surface area (Å²) in [6, 6.07) is 7.80. The molecule has 1 aromatic carbocycles. The zero-order valence-electron chi connectivity index (χ0n) is 13.7. The molecule has 5 heteroatoms. The molecule has 2 aliphatic rings. The van der Waals surface area contributed by atoms with Crippen LogP contribution in [0, 0.1) is 5.41 Å². The van der Waals surface area contributed by atoms with Gasteiger partial charge < -0.3 is 14.4 Å². The summed E-state index contributed by atoms with van der Waals surface area (Å²) < 4.78 is 10.6. The van der Waals surface area contributed by atoms with Gasteiger partial charge in [-0.2, -0.15) is 0 Å². The van der Waals surface area contributed by atoms with Crippen molar-refractivity contribution >= 4 is 17.6 Å². The Labute approximate surface area is 136 Å². The molecule has 1 saturated heterocycles. The van der Waals surface area contributed by atoms with Crippen LogP contribution >= 0.6 is 0 Å². The van der Waals surface area contributed by atoms with Gasteiger partial charge in [0.2, 0.25) is 0 Å². The van der Waals surface area contributed by atoms with E-state index in [4.69, 9.17) is 9.47 Å². The van der Waals surface area contributed by atoms with Gasteiger partial charge >= 0.3 is 11.9 Å². The zero-order chi connectivity index (χ0) is 16.4. The smallest absolute Gasteiger partial charge is 0.325 e. The Bertz CT molecular complexity index is 595. The quantitative estimate of drug-likeness (QED) is 0.630. The normalized spacial score (nSPS) is 21.3. The lowest BCUT2D eigenvalue weighted by atomic mass is 9.71. The molecule has 2 heterocycles. The number of para-hydroxylation sites is 1. The Kier molecular flexibility index (Phi) is 4.28. The van der Waals surface area contributed by atoms with Crippen LogP contribution in [-0.2, 0) is 25.5 Å². The fourth-order valence-electron chi connectivity index (χ4n) is 3.95. The molecular weight excluding hydrogens is 294 g/mol. The number of fused-ring (bicyclic) bond motifs is 3. The van der Waals surface area contributed by atoms with Gasteiger partial charge in [-0.05, 0) is 38.3 Å². The second kappa shape index (κ2) is 6.22. The van der Waals surface area contributed by atoms with E-state index in [2.05, 4.69) is 11.0 Å². The molecule has 0 N–H and O–H groups in total. The van der Waals surface area contributed by atoms with E-state index < -0.39 is 17.4 Å². The fourth-order valence-corrected chi connectivity index (χ4v) is 3.95. The first-order valence-electron chi connectivity index (χ1n) is 8.34. The van der Waals surface area contributed by atoms with Gasteiger partial charge in [0.15, 0.2) is 5.41 Å². The van der Waals surface area contributed by atoms with E-state index in [0.717, 1.165) is 30.6 Å². The Morgan fingerprint density at radius 3 is 2.48 bits per heavy atom. The lowest BCUT2D eigenvalue weighted by Crippen LogP contribution is -2.59. The van der Waals surface area contributed by atoms with Crippen LogP contribution in [0.15, 0.2) is 24.3 Å². The fraction of sp³-hybridized carbons (Fsp3) is 0.556. The Hall–Kier alpha value is -2.04. The zero-order valence-corrected chi connectivity index (χ0v) is 13.7. The maximum atomic E-state index is 12.8. The van der Waals surface area contributed by atoms with Gasteiger partial charge in [0, 0.05) is 18.7 Å². The minimum atomic E-state index is -1.25. The van der Waals surface area contributed by atoms with Crippen molar-refractivity contribution in [2.24, 2.45) is 5.41 Å². The van der Waals surface area contributed by atoms with Crippen molar-refractivity contribution < 1.29 is 19.1 Å². The van der Waals surface area contributed by atoms with E-state index in [1.807, 2.05) is 18.2 Å². The topological polar surface area (TPSA) is 55.8 Å². The molecule has 124 valence electrons. The summed E-state index contributed by atoms with van der Waals surface area (Å²) >= 11 is 0. The Balaban J connectivity index is 2.11. The second-order valence-electron chi connectivity index (χ2n) is 6.07. The average molecular weight is 317 g/mol. The molecule has 23 heavy (non-hydrogen) atoms. The number of carbonyl (C=O) groups is 2. The van der Waals surface area contributed by atoms with E-state index in [1.165, 1.54) is 0 Å². The van der Waals surface area contributed by atoms with Crippen LogP contribution in [0.1, 0.15) is 32.3 Å². The summed E-state index contributed by atoms with van der Waals surface area (Å²) in [6.07, 6.45) is 2.10.